The van der Waals surface area contributed by atoms with Crippen LogP contribution in [0.4, 0.5) is 10.1 Å². The molecule has 0 amide bonds. The van der Waals surface area contributed by atoms with E-state index in [1.165, 1.54) is 24.4 Å². The second-order valence-corrected chi connectivity index (χ2v) is 10.6. The standard InChI is InChI=1S/C34H27FN2O2/c1-34(2,3)23-18-28(26-13-8-10-21-9-4-5-11-25(21)26)32-31(19-23)39-33(37-32)27-12-6-7-14-29(27)36-20-22-17-24(35)15-16-30(22)38/h4-20,38H,1-3H3. The topological polar surface area (TPSA) is 58.6 Å². The minimum Gasteiger partial charge on any atom is -0.507 e. The molecule has 5 heteroatoms. The normalized spacial score (nSPS) is 12.1. The van der Waals surface area contributed by atoms with Gasteiger partial charge in [-0.05, 0) is 69.8 Å². The average Bonchev–Trinajstić information content (AvgIpc) is 3.37. The molecule has 1 N–H and O–H groups in total. The van der Waals surface area contributed by atoms with Gasteiger partial charge in [0.2, 0.25) is 5.89 Å². The van der Waals surface area contributed by atoms with Gasteiger partial charge in [0.1, 0.15) is 17.1 Å². The summed E-state index contributed by atoms with van der Waals surface area (Å²) in [7, 11) is 0. The summed E-state index contributed by atoms with van der Waals surface area (Å²) in [6.07, 6.45) is 1.44. The van der Waals surface area contributed by atoms with Crippen molar-refractivity contribution < 1.29 is 13.9 Å². The number of hydrogen-bond acceptors (Lipinski definition) is 4. The second kappa shape index (κ2) is 9.52. The number of para-hydroxylation sites is 1. The number of rotatable bonds is 4. The molecule has 0 radical (unpaired) electrons. The highest BCUT2D eigenvalue weighted by Gasteiger charge is 2.22. The van der Waals surface area contributed by atoms with Gasteiger partial charge in [-0.25, -0.2) is 9.37 Å². The van der Waals surface area contributed by atoms with Crippen LogP contribution < -0.4 is 0 Å². The van der Waals surface area contributed by atoms with Gasteiger partial charge >= 0.3 is 0 Å². The van der Waals surface area contributed by atoms with Crippen LogP contribution in [-0.4, -0.2) is 16.3 Å². The van der Waals surface area contributed by atoms with E-state index in [1.54, 1.807) is 0 Å². The Labute approximate surface area is 226 Å². The van der Waals surface area contributed by atoms with Gasteiger partial charge in [0.25, 0.3) is 0 Å². The number of oxazole rings is 1. The summed E-state index contributed by atoms with van der Waals surface area (Å²) < 4.78 is 20.1. The van der Waals surface area contributed by atoms with Crippen LogP contribution in [0.3, 0.4) is 0 Å². The molecule has 0 aliphatic heterocycles. The van der Waals surface area contributed by atoms with E-state index in [1.807, 2.05) is 30.3 Å². The molecular formula is C34H27FN2O2. The quantitative estimate of drug-likeness (QED) is 0.239. The molecular weight excluding hydrogens is 487 g/mol. The van der Waals surface area contributed by atoms with E-state index in [9.17, 15) is 9.50 Å². The van der Waals surface area contributed by atoms with Crippen molar-refractivity contribution in [3.63, 3.8) is 0 Å². The molecule has 0 atom stereocenters. The van der Waals surface area contributed by atoms with Crippen molar-refractivity contribution >= 4 is 33.8 Å². The molecule has 1 heterocycles. The number of hydrogen-bond donors (Lipinski definition) is 1. The van der Waals surface area contributed by atoms with E-state index >= 15 is 0 Å². The Morgan fingerprint density at radius 2 is 1.56 bits per heavy atom. The Morgan fingerprint density at radius 3 is 2.41 bits per heavy atom. The number of benzene rings is 5. The predicted octanol–water partition coefficient (Wildman–Crippen LogP) is 9.21. The molecule has 4 nitrogen and oxygen atoms in total. The number of aliphatic imine (C=N–C) groups is 1. The van der Waals surface area contributed by atoms with Gasteiger partial charge in [0.15, 0.2) is 5.58 Å². The summed E-state index contributed by atoms with van der Waals surface area (Å²) in [6, 6.07) is 30.2. The van der Waals surface area contributed by atoms with Crippen LogP contribution in [0.2, 0.25) is 0 Å². The molecule has 6 rings (SSSR count). The highest BCUT2D eigenvalue weighted by atomic mass is 19.1. The lowest BCUT2D eigenvalue weighted by atomic mass is 9.84. The van der Waals surface area contributed by atoms with Crippen molar-refractivity contribution in [3.05, 3.63) is 114 Å². The van der Waals surface area contributed by atoms with Crippen molar-refractivity contribution in [1.82, 2.24) is 4.98 Å². The monoisotopic (exact) mass is 514 g/mol. The van der Waals surface area contributed by atoms with E-state index in [-0.39, 0.29) is 16.7 Å². The Bertz CT molecular complexity index is 1870. The van der Waals surface area contributed by atoms with Crippen LogP contribution in [0.25, 0.3) is 44.5 Å². The minimum absolute atomic E-state index is 0.0473. The van der Waals surface area contributed by atoms with E-state index in [4.69, 9.17) is 9.40 Å². The van der Waals surface area contributed by atoms with E-state index in [0.29, 0.717) is 22.7 Å². The summed E-state index contributed by atoms with van der Waals surface area (Å²) in [5.41, 5.74) is 6.20. The molecule has 0 spiro atoms. The Morgan fingerprint density at radius 1 is 0.821 bits per heavy atom. The van der Waals surface area contributed by atoms with Gasteiger partial charge in [-0.2, -0.15) is 0 Å². The van der Waals surface area contributed by atoms with Crippen molar-refractivity contribution in [1.29, 1.82) is 0 Å². The maximum absolute atomic E-state index is 13.7. The van der Waals surface area contributed by atoms with Gasteiger partial charge in [-0.3, -0.25) is 4.99 Å². The molecule has 0 saturated carbocycles. The van der Waals surface area contributed by atoms with E-state index in [0.717, 1.165) is 33.0 Å². The molecule has 0 aliphatic rings. The summed E-state index contributed by atoms with van der Waals surface area (Å²) in [4.78, 5) is 9.54. The first-order valence-corrected chi connectivity index (χ1v) is 12.8. The average molecular weight is 515 g/mol. The molecule has 1 aromatic heterocycles. The fourth-order valence-corrected chi connectivity index (χ4v) is 4.78. The maximum Gasteiger partial charge on any atom is 0.229 e. The minimum atomic E-state index is -0.447. The van der Waals surface area contributed by atoms with Gasteiger partial charge in [-0.15, -0.1) is 0 Å². The number of aromatic nitrogens is 1. The van der Waals surface area contributed by atoms with Gasteiger partial charge in [0.05, 0.1) is 11.3 Å². The zero-order chi connectivity index (χ0) is 27.1. The van der Waals surface area contributed by atoms with Gasteiger partial charge in [-0.1, -0.05) is 75.4 Å². The summed E-state index contributed by atoms with van der Waals surface area (Å²) in [5, 5.41) is 12.4. The summed E-state index contributed by atoms with van der Waals surface area (Å²) in [6.45, 7) is 6.55. The van der Waals surface area contributed by atoms with Gasteiger partial charge < -0.3 is 9.52 Å². The third kappa shape index (κ3) is 4.68. The molecule has 5 aromatic carbocycles. The highest BCUT2D eigenvalue weighted by Crippen LogP contribution is 2.40. The molecule has 0 bridgehead atoms. The lowest BCUT2D eigenvalue weighted by Crippen LogP contribution is -2.11. The fraction of sp³-hybridized carbons (Fsp3) is 0.118. The molecule has 0 aliphatic carbocycles. The molecule has 0 unspecified atom stereocenters. The number of nitrogens with zero attached hydrogens (tertiary/aromatic N) is 2. The lowest BCUT2D eigenvalue weighted by Gasteiger charge is -2.20. The van der Waals surface area contributed by atoms with E-state index in [2.05, 4.69) is 74.3 Å². The van der Waals surface area contributed by atoms with Gasteiger partial charge in [0, 0.05) is 17.3 Å². The number of aromatic hydroxyl groups is 1. The van der Waals surface area contributed by atoms with Crippen molar-refractivity contribution in [2.75, 3.05) is 0 Å². The van der Waals surface area contributed by atoms with Crippen LogP contribution in [0.15, 0.2) is 106 Å². The number of phenols is 1. The zero-order valence-electron chi connectivity index (χ0n) is 21.9. The van der Waals surface area contributed by atoms with Crippen molar-refractivity contribution in [3.8, 4) is 28.3 Å². The molecule has 0 saturated heterocycles. The van der Waals surface area contributed by atoms with Crippen molar-refractivity contribution in [2.24, 2.45) is 4.99 Å². The number of phenolic OH excluding ortho intramolecular Hbond substituents is 1. The third-order valence-corrected chi connectivity index (χ3v) is 6.91. The third-order valence-electron chi connectivity index (χ3n) is 6.91. The zero-order valence-corrected chi connectivity index (χ0v) is 21.9. The van der Waals surface area contributed by atoms with Crippen LogP contribution in [0.1, 0.15) is 31.9 Å². The largest absolute Gasteiger partial charge is 0.507 e. The summed E-state index contributed by atoms with van der Waals surface area (Å²) >= 11 is 0. The Balaban J connectivity index is 1.54. The van der Waals surface area contributed by atoms with Crippen molar-refractivity contribution in [2.45, 2.75) is 26.2 Å². The summed E-state index contributed by atoms with van der Waals surface area (Å²) in [5.74, 6) is -0.0557. The molecule has 6 aromatic rings. The second-order valence-electron chi connectivity index (χ2n) is 10.6. The number of halogens is 1. The fourth-order valence-electron chi connectivity index (χ4n) is 4.78. The first-order valence-electron chi connectivity index (χ1n) is 12.8. The first-order chi connectivity index (χ1) is 18.8. The molecule has 192 valence electrons. The van der Waals surface area contributed by atoms with Crippen LogP contribution in [0.5, 0.6) is 5.75 Å². The highest BCUT2D eigenvalue weighted by molar-refractivity contribution is 6.04. The number of fused-ring (bicyclic) bond motifs is 2. The maximum atomic E-state index is 13.7. The smallest absolute Gasteiger partial charge is 0.229 e. The molecule has 39 heavy (non-hydrogen) atoms. The predicted molar refractivity (Wildman–Crippen MR) is 156 cm³/mol. The SMILES string of the molecule is CC(C)(C)c1cc(-c2cccc3ccccc23)c2nc(-c3ccccc3N=Cc3cc(F)ccc3O)oc2c1. The van der Waals surface area contributed by atoms with Crippen LogP contribution in [0, 0.1) is 5.82 Å². The molecule has 0 fully saturated rings. The Hall–Kier alpha value is -4.77. The van der Waals surface area contributed by atoms with Crippen LogP contribution in [-0.2, 0) is 5.41 Å². The first kappa shape index (κ1) is 24.6. The Kier molecular flexibility index (Phi) is 5.99. The van der Waals surface area contributed by atoms with E-state index < -0.39 is 5.82 Å². The van der Waals surface area contributed by atoms with Crippen LogP contribution >= 0.6 is 0 Å². The lowest BCUT2D eigenvalue weighted by molar-refractivity contribution is 0.472.